The molecule has 0 radical (unpaired) electrons. The number of nitrogens with zero attached hydrogens (tertiary/aromatic N) is 2. The van der Waals surface area contributed by atoms with Crippen molar-refractivity contribution in [1.82, 2.24) is 10.2 Å². The van der Waals surface area contributed by atoms with Crippen molar-refractivity contribution in [2.75, 3.05) is 10.8 Å². The van der Waals surface area contributed by atoms with Crippen LogP contribution in [0.4, 0.5) is 5.69 Å². The Balaban J connectivity index is 1.76. The molecule has 3 aromatic rings. The van der Waals surface area contributed by atoms with Crippen molar-refractivity contribution in [3.05, 3.63) is 92.9 Å². The molecule has 0 aromatic heterocycles. The Morgan fingerprint density at radius 2 is 1.64 bits per heavy atom. The zero-order chi connectivity index (χ0) is 30.4. The predicted molar refractivity (Wildman–Crippen MR) is 169 cm³/mol. The molecule has 1 aliphatic rings. The van der Waals surface area contributed by atoms with Gasteiger partial charge in [-0.25, -0.2) is 8.42 Å². The number of hydrogen-bond donors (Lipinski definition) is 1. The Kier molecular flexibility index (Phi) is 10.8. The fourth-order valence-electron chi connectivity index (χ4n) is 5.22. The van der Waals surface area contributed by atoms with Crippen LogP contribution in [0.25, 0.3) is 0 Å². The van der Waals surface area contributed by atoms with Gasteiger partial charge in [0.05, 0.1) is 10.6 Å². The Bertz CT molecular complexity index is 1530. The van der Waals surface area contributed by atoms with Crippen molar-refractivity contribution < 1.29 is 18.0 Å². The summed E-state index contributed by atoms with van der Waals surface area (Å²) in [6.45, 7) is 2.95. The zero-order valence-corrected chi connectivity index (χ0v) is 26.6. The summed E-state index contributed by atoms with van der Waals surface area (Å²) in [5.41, 5.74) is 1.36. The molecule has 0 saturated heterocycles. The minimum absolute atomic E-state index is 0.0147. The quantitative estimate of drug-likeness (QED) is 0.242. The molecule has 1 aliphatic carbocycles. The van der Waals surface area contributed by atoms with Gasteiger partial charge >= 0.3 is 0 Å². The summed E-state index contributed by atoms with van der Waals surface area (Å²) in [6.07, 6.45) is 4.16. The first-order chi connectivity index (χ1) is 20.0. The molecular weight excluding hydrogens is 617 g/mol. The maximum atomic E-state index is 14.3. The van der Waals surface area contributed by atoms with Crippen LogP contribution in [0.3, 0.4) is 0 Å². The van der Waals surface area contributed by atoms with E-state index in [2.05, 4.69) is 5.32 Å². The summed E-state index contributed by atoms with van der Waals surface area (Å²) in [7, 11) is -4.20. The zero-order valence-electron chi connectivity index (χ0n) is 23.5. The molecule has 1 atom stereocenters. The number of rotatable bonds is 11. The summed E-state index contributed by atoms with van der Waals surface area (Å²) in [4.78, 5) is 29.3. The lowest BCUT2D eigenvalue weighted by Crippen LogP contribution is -2.53. The van der Waals surface area contributed by atoms with E-state index < -0.39 is 28.5 Å². The Hall–Kier alpha value is -2.78. The average Bonchev–Trinajstić information content (AvgIpc) is 3.47. The lowest BCUT2D eigenvalue weighted by atomic mass is 10.1. The number of amides is 2. The lowest BCUT2D eigenvalue weighted by molar-refractivity contribution is -0.140. The van der Waals surface area contributed by atoms with E-state index in [1.54, 1.807) is 61.5 Å². The highest BCUT2D eigenvalue weighted by molar-refractivity contribution is 7.92. The number of halogens is 3. The van der Waals surface area contributed by atoms with Crippen LogP contribution in [0.2, 0.25) is 15.1 Å². The molecule has 1 N–H and O–H groups in total. The monoisotopic (exact) mass is 649 g/mol. The Morgan fingerprint density at radius 3 is 2.29 bits per heavy atom. The molecular formula is C31H34Cl3N3O4S. The van der Waals surface area contributed by atoms with E-state index >= 15 is 0 Å². The highest BCUT2D eigenvalue weighted by atomic mass is 35.5. The van der Waals surface area contributed by atoms with Gasteiger partial charge in [-0.1, -0.05) is 84.9 Å². The Morgan fingerprint density at radius 1 is 0.952 bits per heavy atom. The van der Waals surface area contributed by atoms with Crippen molar-refractivity contribution in [1.29, 1.82) is 0 Å². The first kappa shape index (κ1) is 32.1. The van der Waals surface area contributed by atoms with Gasteiger partial charge in [0, 0.05) is 27.7 Å². The first-order valence-corrected chi connectivity index (χ1v) is 16.5. The van der Waals surface area contributed by atoms with Crippen LogP contribution in [0.5, 0.6) is 0 Å². The van der Waals surface area contributed by atoms with Crippen LogP contribution < -0.4 is 9.62 Å². The minimum Gasteiger partial charge on any atom is -0.352 e. The summed E-state index contributed by atoms with van der Waals surface area (Å²) < 4.78 is 29.1. The summed E-state index contributed by atoms with van der Waals surface area (Å²) >= 11 is 19.0. The molecule has 4 rings (SSSR count). The van der Waals surface area contributed by atoms with E-state index in [1.807, 2.05) is 6.92 Å². The van der Waals surface area contributed by atoms with Crippen LogP contribution in [0, 0.1) is 6.92 Å². The van der Waals surface area contributed by atoms with Gasteiger partial charge in [-0.3, -0.25) is 13.9 Å². The smallest absolute Gasteiger partial charge is 0.264 e. The SMILES string of the molecule is CC[C@H](C(=O)NC1CCCC1)N(Cc1ccc(Cl)cc1Cl)C(=O)CN(c1cccc(Cl)c1C)S(=O)(=O)c1ccccc1. The lowest BCUT2D eigenvalue weighted by Gasteiger charge is -2.34. The topological polar surface area (TPSA) is 86.8 Å². The summed E-state index contributed by atoms with van der Waals surface area (Å²) in [6, 6.07) is 16.9. The van der Waals surface area contributed by atoms with Gasteiger partial charge in [-0.15, -0.1) is 0 Å². The molecule has 0 bridgehead atoms. The molecule has 7 nitrogen and oxygen atoms in total. The number of nitrogens with one attached hydrogen (secondary N) is 1. The number of anilines is 1. The molecule has 1 fully saturated rings. The van der Waals surface area contributed by atoms with E-state index in [1.165, 1.54) is 17.0 Å². The van der Waals surface area contributed by atoms with Gasteiger partial charge < -0.3 is 10.2 Å². The van der Waals surface area contributed by atoms with Gasteiger partial charge in [-0.05, 0) is 73.7 Å². The highest BCUT2D eigenvalue weighted by Crippen LogP contribution is 2.32. The van der Waals surface area contributed by atoms with Gasteiger partial charge in [0.1, 0.15) is 12.6 Å². The molecule has 0 unspecified atom stereocenters. The number of sulfonamides is 1. The third-order valence-electron chi connectivity index (χ3n) is 7.56. The van der Waals surface area contributed by atoms with Gasteiger partial charge in [0.2, 0.25) is 11.8 Å². The van der Waals surface area contributed by atoms with E-state index in [9.17, 15) is 18.0 Å². The molecule has 0 spiro atoms. The molecule has 3 aromatic carbocycles. The van der Waals surface area contributed by atoms with E-state index in [0.29, 0.717) is 32.6 Å². The molecule has 11 heteroatoms. The Labute approximate surface area is 262 Å². The second-order valence-corrected chi connectivity index (χ2v) is 13.5. The fraction of sp³-hybridized carbons (Fsp3) is 0.355. The largest absolute Gasteiger partial charge is 0.352 e. The number of carbonyl (C=O) groups excluding carboxylic acids is 2. The van der Waals surface area contributed by atoms with Gasteiger partial charge in [0.25, 0.3) is 10.0 Å². The molecule has 224 valence electrons. The van der Waals surface area contributed by atoms with Crippen molar-refractivity contribution in [2.24, 2.45) is 0 Å². The third kappa shape index (κ3) is 7.40. The number of carbonyl (C=O) groups is 2. The predicted octanol–water partition coefficient (Wildman–Crippen LogP) is 7.02. The molecule has 0 heterocycles. The van der Waals surface area contributed by atoms with Crippen molar-refractivity contribution >= 4 is 62.3 Å². The van der Waals surface area contributed by atoms with Crippen LogP contribution in [-0.4, -0.2) is 43.8 Å². The normalized spacial score (nSPS) is 14.4. The minimum atomic E-state index is -4.20. The fourth-order valence-corrected chi connectivity index (χ4v) is 7.35. The third-order valence-corrected chi connectivity index (χ3v) is 10.3. The molecule has 0 aliphatic heterocycles. The van der Waals surface area contributed by atoms with Gasteiger partial charge in [-0.2, -0.15) is 0 Å². The maximum absolute atomic E-state index is 14.3. The van der Waals surface area contributed by atoms with Crippen molar-refractivity contribution in [2.45, 2.75) is 69.5 Å². The molecule has 2 amide bonds. The van der Waals surface area contributed by atoms with Crippen molar-refractivity contribution in [3.8, 4) is 0 Å². The van der Waals surface area contributed by atoms with Gasteiger partial charge in [0.15, 0.2) is 0 Å². The number of hydrogen-bond acceptors (Lipinski definition) is 4. The number of benzene rings is 3. The highest BCUT2D eigenvalue weighted by Gasteiger charge is 2.35. The van der Waals surface area contributed by atoms with E-state index in [-0.39, 0.29) is 29.1 Å². The molecule has 42 heavy (non-hydrogen) atoms. The summed E-state index contributed by atoms with van der Waals surface area (Å²) in [5, 5.41) is 4.23. The van der Waals surface area contributed by atoms with Crippen molar-refractivity contribution in [3.63, 3.8) is 0 Å². The maximum Gasteiger partial charge on any atom is 0.264 e. The standard InChI is InChI=1S/C31H34Cl3N3O4S/c1-3-28(31(39)35-24-10-7-8-11-24)36(19-22-16-17-23(32)18-27(22)34)30(38)20-37(29-15-9-14-26(33)21(29)2)42(40,41)25-12-5-4-6-13-25/h4-6,9,12-18,24,28H,3,7-8,10-11,19-20H2,1-2H3,(H,35,39)/t28-/m1/s1. The van der Waals surface area contributed by atoms with E-state index in [4.69, 9.17) is 34.8 Å². The second kappa shape index (κ2) is 14.1. The van der Waals surface area contributed by atoms with Crippen LogP contribution in [-0.2, 0) is 26.2 Å². The van der Waals surface area contributed by atoms with E-state index in [0.717, 1.165) is 30.0 Å². The molecule has 1 saturated carbocycles. The second-order valence-electron chi connectivity index (χ2n) is 10.4. The van der Waals surface area contributed by atoms with Crippen LogP contribution >= 0.6 is 34.8 Å². The average molecular weight is 651 g/mol. The van der Waals surface area contributed by atoms with Crippen LogP contribution in [0.1, 0.15) is 50.2 Å². The van der Waals surface area contributed by atoms with Crippen LogP contribution in [0.15, 0.2) is 71.6 Å². The first-order valence-electron chi connectivity index (χ1n) is 13.9. The summed E-state index contributed by atoms with van der Waals surface area (Å²) in [5.74, 6) is -0.840.